The second-order valence-electron chi connectivity index (χ2n) is 4.57. The van der Waals surface area contributed by atoms with Crippen molar-refractivity contribution in [2.24, 2.45) is 0 Å². The average Bonchev–Trinajstić information content (AvgIpc) is 3.08. The maximum absolute atomic E-state index is 12.2. The summed E-state index contributed by atoms with van der Waals surface area (Å²) in [6.07, 6.45) is 5.23. The lowest BCUT2D eigenvalue weighted by Crippen LogP contribution is -2.23. The first-order valence-electron chi connectivity index (χ1n) is 6.60. The Hall–Kier alpha value is -2.95. The minimum atomic E-state index is -0.119. The molecule has 1 aromatic carbocycles. The Labute approximate surface area is 122 Å². The molecule has 0 radical (unpaired) electrons. The number of aromatic nitrogens is 3. The molecular formula is C16H14N4O. The number of pyridine rings is 1. The summed E-state index contributed by atoms with van der Waals surface area (Å²) in [7, 11) is 0. The molecule has 104 valence electrons. The van der Waals surface area contributed by atoms with Gasteiger partial charge in [-0.3, -0.25) is 14.9 Å². The number of carbonyl (C=O) groups is 1. The number of nitrogens with zero attached hydrogens (tertiary/aromatic N) is 2. The minimum absolute atomic E-state index is 0.119. The molecule has 0 saturated heterocycles. The molecule has 0 bridgehead atoms. The summed E-state index contributed by atoms with van der Waals surface area (Å²) < 4.78 is 0. The summed E-state index contributed by atoms with van der Waals surface area (Å²) in [4.78, 5) is 16.4. The molecule has 2 aromatic heterocycles. The molecule has 21 heavy (non-hydrogen) atoms. The number of nitrogens with one attached hydrogen (secondary N) is 2. The molecule has 0 spiro atoms. The maximum atomic E-state index is 12.2. The lowest BCUT2D eigenvalue weighted by molar-refractivity contribution is 0.0950. The zero-order valence-electron chi connectivity index (χ0n) is 11.3. The maximum Gasteiger partial charge on any atom is 0.251 e. The topological polar surface area (TPSA) is 70.7 Å². The SMILES string of the molecule is O=C(NCc1ccccn1)c1cccc(-c2cn[nH]c2)c1. The molecule has 1 amide bonds. The first-order chi connectivity index (χ1) is 10.3. The lowest BCUT2D eigenvalue weighted by Gasteiger charge is -2.06. The summed E-state index contributed by atoms with van der Waals surface area (Å²) in [5.74, 6) is -0.119. The fourth-order valence-corrected chi connectivity index (χ4v) is 2.02. The van der Waals surface area contributed by atoms with Crippen molar-refractivity contribution < 1.29 is 4.79 Å². The number of rotatable bonds is 4. The minimum Gasteiger partial charge on any atom is -0.346 e. The molecular weight excluding hydrogens is 264 g/mol. The lowest BCUT2D eigenvalue weighted by atomic mass is 10.1. The van der Waals surface area contributed by atoms with Gasteiger partial charge in [0.2, 0.25) is 0 Å². The van der Waals surface area contributed by atoms with E-state index in [1.54, 1.807) is 24.7 Å². The van der Waals surface area contributed by atoms with Crippen molar-refractivity contribution in [3.63, 3.8) is 0 Å². The molecule has 0 atom stereocenters. The second-order valence-corrected chi connectivity index (χ2v) is 4.57. The van der Waals surface area contributed by atoms with E-state index >= 15 is 0 Å². The molecule has 0 aliphatic rings. The van der Waals surface area contributed by atoms with Crippen LogP contribution in [-0.2, 0) is 6.54 Å². The molecule has 0 unspecified atom stereocenters. The van der Waals surface area contributed by atoms with E-state index in [1.807, 2.05) is 36.4 Å². The predicted molar refractivity (Wildman–Crippen MR) is 79.4 cm³/mol. The highest BCUT2D eigenvalue weighted by Gasteiger charge is 2.07. The number of carbonyl (C=O) groups excluding carboxylic acids is 1. The zero-order valence-corrected chi connectivity index (χ0v) is 11.3. The van der Waals surface area contributed by atoms with Crippen molar-refractivity contribution in [3.05, 3.63) is 72.3 Å². The summed E-state index contributed by atoms with van der Waals surface area (Å²) in [5.41, 5.74) is 3.35. The molecule has 0 fully saturated rings. The summed E-state index contributed by atoms with van der Waals surface area (Å²) in [5, 5.41) is 9.54. The number of hydrogen-bond donors (Lipinski definition) is 2. The fraction of sp³-hybridized carbons (Fsp3) is 0.0625. The van der Waals surface area contributed by atoms with Crippen LogP contribution in [-0.4, -0.2) is 21.1 Å². The van der Waals surface area contributed by atoms with Gasteiger partial charge in [0.1, 0.15) is 0 Å². The van der Waals surface area contributed by atoms with E-state index in [1.165, 1.54) is 0 Å². The monoisotopic (exact) mass is 278 g/mol. The highest BCUT2D eigenvalue weighted by atomic mass is 16.1. The first-order valence-corrected chi connectivity index (χ1v) is 6.60. The van der Waals surface area contributed by atoms with Crippen molar-refractivity contribution in [1.29, 1.82) is 0 Å². The Morgan fingerprint density at radius 3 is 2.86 bits per heavy atom. The molecule has 0 saturated carbocycles. The van der Waals surface area contributed by atoms with Crippen LogP contribution in [0.3, 0.4) is 0 Å². The van der Waals surface area contributed by atoms with E-state index in [2.05, 4.69) is 20.5 Å². The number of hydrogen-bond acceptors (Lipinski definition) is 3. The Kier molecular flexibility index (Phi) is 3.73. The van der Waals surface area contributed by atoms with Crippen molar-refractivity contribution in [3.8, 4) is 11.1 Å². The van der Waals surface area contributed by atoms with Crippen molar-refractivity contribution in [2.75, 3.05) is 0 Å². The van der Waals surface area contributed by atoms with E-state index in [9.17, 15) is 4.79 Å². The van der Waals surface area contributed by atoms with Crippen LogP contribution in [0.5, 0.6) is 0 Å². The molecule has 0 aliphatic heterocycles. The van der Waals surface area contributed by atoms with Crippen LogP contribution in [0, 0.1) is 0 Å². The van der Waals surface area contributed by atoms with Gasteiger partial charge in [0.15, 0.2) is 0 Å². The number of amides is 1. The van der Waals surface area contributed by atoms with Crippen LogP contribution in [0.4, 0.5) is 0 Å². The van der Waals surface area contributed by atoms with E-state index in [-0.39, 0.29) is 5.91 Å². The number of benzene rings is 1. The van der Waals surface area contributed by atoms with Crippen LogP contribution in [0.2, 0.25) is 0 Å². The van der Waals surface area contributed by atoms with Gasteiger partial charge in [-0.15, -0.1) is 0 Å². The van der Waals surface area contributed by atoms with Crippen LogP contribution in [0.1, 0.15) is 16.1 Å². The zero-order chi connectivity index (χ0) is 14.5. The fourth-order valence-electron chi connectivity index (χ4n) is 2.02. The third kappa shape index (κ3) is 3.14. The normalized spacial score (nSPS) is 10.3. The van der Waals surface area contributed by atoms with Gasteiger partial charge in [0, 0.05) is 23.5 Å². The van der Waals surface area contributed by atoms with Gasteiger partial charge in [0.25, 0.3) is 5.91 Å². The Morgan fingerprint density at radius 2 is 2.10 bits per heavy atom. The third-order valence-corrected chi connectivity index (χ3v) is 3.11. The molecule has 3 rings (SSSR count). The smallest absolute Gasteiger partial charge is 0.251 e. The quantitative estimate of drug-likeness (QED) is 0.770. The van der Waals surface area contributed by atoms with Gasteiger partial charge in [-0.1, -0.05) is 18.2 Å². The highest BCUT2D eigenvalue weighted by Crippen LogP contribution is 2.18. The van der Waals surface area contributed by atoms with Crippen LogP contribution in [0.25, 0.3) is 11.1 Å². The van der Waals surface area contributed by atoms with E-state index in [0.29, 0.717) is 12.1 Å². The number of H-pyrrole nitrogens is 1. The van der Waals surface area contributed by atoms with Gasteiger partial charge in [-0.25, -0.2) is 0 Å². The van der Waals surface area contributed by atoms with E-state index < -0.39 is 0 Å². The van der Waals surface area contributed by atoms with Crippen LogP contribution in [0.15, 0.2) is 61.1 Å². The molecule has 0 aliphatic carbocycles. The van der Waals surface area contributed by atoms with Crippen molar-refractivity contribution in [2.45, 2.75) is 6.54 Å². The van der Waals surface area contributed by atoms with Gasteiger partial charge in [-0.05, 0) is 29.8 Å². The van der Waals surface area contributed by atoms with Crippen LogP contribution >= 0.6 is 0 Å². The van der Waals surface area contributed by atoms with Crippen LogP contribution < -0.4 is 5.32 Å². The Bertz CT molecular complexity index is 723. The second kappa shape index (κ2) is 6.00. The predicted octanol–water partition coefficient (Wildman–Crippen LogP) is 2.40. The summed E-state index contributed by atoms with van der Waals surface area (Å²) in [6.45, 7) is 0.412. The third-order valence-electron chi connectivity index (χ3n) is 3.11. The number of aromatic amines is 1. The molecule has 5 heteroatoms. The first kappa shape index (κ1) is 13.1. The van der Waals surface area contributed by atoms with Crippen molar-refractivity contribution >= 4 is 5.91 Å². The Morgan fingerprint density at radius 1 is 1.14 bits per heavy atom. The molecule has 3 aromatic rings. The van der Waals surface area contributed by atoms with E-state index in [4.69, 9.17) is 0 Å². The van der Waals surface area contributed by atoms with E-state index in [0.717, 1.165) is 16.8 Å². The molecule has 2 heterocycles. The Balaban J connectivity index is 1.72. The van der Waals surface area contributed by atoms with Gasteiger partial charge < -0.3 is 5.32 Å². The molecule has 5 nitrogen and oxygen atoms in total. The standard InChI is InChI=1S/C16H14N4O/c21-16(18-11-15-6-1-2-7-17-15)13-5-3-4-12(8-13)14-9-19-20-10-14/h1-10H,11H2,(H,18,21)(H,19,20). The van der Waals surface area contributed by atoms with Crippen molar-refractivity contribution in [1.82, 2.24) is 20.5 Å². The summed E-state index contributed by atoms with van der Waals surface area (Å²) >= 11 is 0. The van der Waals surface area contributed by atoms with Gasteiger partial charge >= 0.3 is 0 Å². The summed E-state index contributed by atoms with van der Waals surface area (Å²) in [6, 6.07) is 13.1. The van der Waals surface area contributed by atoms with Gasteiger partial charge in [-0.2, -0.15) is 5.10 Å². The average molecular weight is 278 g/mol. The van der Waals surface area contributed by atoms with Gasteiger partial charge in [0.05, 0.1) is 18.4 Å². The largest absolute Gasteiger partial charge is 0.346 e. The molecule has 2 N–H and O–H groups in total. The highest BCUT2D eigenvalue weighted by molar-refractivity contribution is 5.95.